The summed E-state index contributed by atoms with van der Waals surface area (Å²) < 4.78 is 40.9. The third kappa shape index (κ3) is 4.13. The molecule has 2 unspecified atom stereocenters. The van der Waals surface area contributed by atoms with Crippen molar-refractivity contribution in [3.8, 4) is 5.75 Å². The first kappa shape index (κ1) is 16.1. The minimum atomic E-state index is -4.72. The lowest BCUT2D eigenvalue weighted by Gasteiger charge is -2.45. The molecule has 1 fully saturated rings. The third-order valence-corrected chi connectivity index (χ3v) is 3.96. The van der Waals surface area contributed by atoms with E-state index in [9.17, 15) is 18.3 Å². The summed E-state index contributed by atoms with van der Waals surface area (Å²) in [5.41, 5.74) is -0.664. The number of rotatable bonds is 2. The Bertz CT molecular complexity index is 510. The van der Waals surface area contributed by atoms with Crippen molar-refractivity contribution in [1.29, 1.82) is 0 Å². The number of ether oxygens (including phenoxy) is 1. The summed E-state index contributed by atoms with van der Waals surface area (Å²) in [6.07, 6.45) is -2.65. The third-order valence-electron chi connectivity index (χ3n) is 3.96. The maximum absolute atomic E-state index is 12.3. The quantitative estimate of drug-likeness (QED) is 0.864. The number of hydrogen-bond acceptors (Lipinski definition) is 2. The van der Waals surface area contributed by atoms with Crippen molar-refractivity contribution in [3.05, 3.63) is 29.8 Å². The van der Waals surface area contributed by atoms with Gasteiger partial charge in [-0.2, -0.15) is 0 Å². The molecule has 0 radical (unpaired) electrons. The highest BCUT2D eigenvalue weighted by Crippen LogP contribution is 2.49. The molecule has 0 spiro atoms. The van der Waals surface area contributed by atoms with Crippen LogP contribution in [-0.4, -0.2) is 11.5 Å². The highest BCUT2D eigenvalue weighted by Gasteiger charge is 2.43. The lowest BCUT2D eigenvalue weighted by molar-refractivity contribution is -0.274. The molecule has 1 N–H and O–H groups in total. The monoisotopic (exact) mass is 302 g/mol. The van der Waals surface area contributed by atoms with Crippen molar-refractivity contribution < 1.29 is 23.0 Å². The van der Waals surface area contributed by atoms with E-state index in [-0.39, 0.29) is 11.2 Å². The van der Waals surface area contributed by atoms with Crippen LogP contribution in [0.3, 0.4) is 0 Å². The largest absolute Gasteiger partial charge is 0.573 e. The summed E-state index contributed by atoms with van der Waals surface area (Å²) in [5.74, 6) is 0.0235. The molecule has 1 aromatic carbocycles. The zero-order valence-electron chi connectivity index (χ0n) is 12.5. The molecule has 0 aromatic heterocycles. The summed E-state index contributed by atoms with van der Waals surface area (Å²) in [7, 11) is 0. The normalized spacial score (nSPS) is 29.2. The molecule has 5 heteroatoms. The fourth-order valence-electron chi connectivity index (χ4n) is 3.73. The maximum atomic E-state index is 12.3. The van der Waals surface area contributed by atoms with Crippen LogP contribution in [0.4, 0.5) is 13.2 Å². The molecule has 2 atom stereocenters. The molecular formula is C16H21F3O2. The van der Waals surface area contributed by atoms with Gasteiger partial charge in [-0.1, -0.05) is 32.9 Å². The van der Waals surface area contributed by atoms with Crippen molar-refractivity contribution >= 4 is 0 Å². The minimum Gasteiger partial charge on any atom is -0.406 e. The van der Waals surface area contributed by atoms with Crippen LogP contribution in [0.15, 0.2) is 24.3 Å². The van der Waals surface area contributed by atoms with Gasteiger partial charge < -0.3 is 9.84 Å². The molecule has 0 saturated heterocycles. The van der Waals surface area contributed by atoms with Gasteiger partial charge in [-0.15, -0.1) is 13.2 Å². The first-order valence-electron chi connectivity index (χ1n) is 7.08. The lowest BCUT2D eigenvalue weighted by Crippen LogP contribution is -2.40. The van der Waals surface area contributed by atoms with E-state index in [0.717, 1.165) is 6.42 Å². The van der Waals surface area contributed by atoms with Crippen LogP contribution in [0.25, 0.3) is 0 Å². The van der Waals surface area contributed by atoms with E-state index in [2.05, 4.69) is 25.5 Å². The molecule has 0 heterocycles. The molecule has 1 aliphatic carbocycles. The highest BCUT2D eigenvalue weighted by atomic mass is 19.4. The Balaban J connectivity index is 2.30. The fraction of sp³-hybridized carbons (Fsp3) is 0.625. The van der Waals surface area contributed by atoms with E-state index in [1.165, 1.54) is 18.2 Å². The van der Waals surface area contributed by atoms with Crippen LogP contribution in [0.5, 0.6) is 5.75 Å². The maximum Gasteiger partial charge on any atom is 0.573 e. The molecule has 1 saturated carbocycles. The van der Waals surface area contributed by atoms with Crippen LogP contribution in [0.1, 0.15) is 45.6 Å². The Kier molecular flexibility index (Phi) is 4.00. The summed E-state index contributed by atoms with van der Waals surface area (Å²) in [4.78, 5) is 0. The molecule has 21 heavy (non-hydrogen) atoms. The Morgan fingerprint density at radius 2 is 1.90 bits per heavy atom. The smallest absolute Gasteiger partial charge is 0.406 e. The number of halogens is 3. The first-order chi connectivity index (χ1) is 9.49. The molecule has 1 aromatic rings. The number of aliphatic hydroxyl groups is 1. The Labute approximate surface area is 122 Å². The SMILES string of the molecule is CC1CC(C)(C)CC(O)(c2cccc(OC(F)(F)F)c2)C1. The average molecular weight is 302 g/mol. The molecule has 0 bridgehead atoms. The highest BCUT2D eigenvalue weighted by molar-refractivity contribution is 5.33. The molecule has 118 valence electrons. The van der Waals surface area contributed by atoms with Crippen molar-refractivity contribution in [2.24, 2.45) is 11.3 Å². The van der Waals surface area contributed by atoms with Crippen LogP contribution >= 0.6 is 0 Å². The molecule has 2 rings (SSSR count). The van der Waals surface area contributed by atoms with Crippen molar-refractivity contribution in [2.45, 2.75) is 52.0 Å². The summed E-state index contributed by atoms with van der Waals surface area (Å²) >= 11 is 0. The van der Waals surface area contributed by atoms with E-state index in [1.807, 2.05) is 0 Å². The lowest BCUT2D eigenvalue weighted by atomic mass is 9.64. The van der Waals surface area contributed by atoms with Crippen LogP contribution in [0, 0.1) is 11.3 Å². The van der Waals surface area contributed by atoms with E-state index >= 15 is 0 Å². The van der Waals surface area contributed by atoms with Crippen LogP contribution in [0.2, 0.25) is 0 Å². The van der Waals surface area contributed by atoms with E-state index in [0.29, 0.717) is 24.3 Å². The van der Waals surface area contributed by atoms with Crippen molar-refractivity contribution in [1.82, 2.24) is 0 Å². The second kappa shape index (κ2) is 5.20. The number of hydrogen-bond donors (Lipinski definition) is 1. The van der Waals surface area contributed by atoms with Gasteiger partial charge in [-0.3, -0.25) is 0 Å². The van der Waals surface area contributed by atoms with Gasteiger partial charge in [0, 0.05) is 0 Å². The van der Waals surface area contributed by atoms with Crippen LogP contribution in [-0.2, 0) is 5.60 Å². The summed E-state index contributed by atoms with van der Waals surface area (Å²) in [5, 5.41) is 10.9. The van der Waals surface area contributed by atoms with Gasteiger partial charge in [0.1, 0.15) is 5.75 Å². The summed E-state index contributed by atoms with van der Waals surface area (Å²) in [6, 6.07) is 5.69. The zero-order chi connectivity index (χ0) is 15.9. The first-order valence-corrected chi connectivity index (χ1v) is 7.08. The molecule has 1 aliphatic rings. The molecule has 0 amide bonds. The minimum absolute atomic E-state index is 0.0483. The standard InChI is InChI=1S/C16H21F3O2/c1-11-8-14(2,3)10-15(20,9-11)12-5-4-6-13(7-12)21-16(17,18)19/h4-7,11,20H,8-10H2,1-3H3. The molecule has 2 nitrogen and oxygen atoms in total. The van der Waals surface area contributed by atoms with Crippen LogP contribution < -0.4 is 4.74 Å². The van der Waals surface area contributed by atoms with Gasteiger partial charge in [0.2, 0.25) is 0 Å². The average Bonchev–Trinajstić information content (AvgIpc) is 2.23. The van der Waals surface area contributed by atoms with E-state index in [4.69, 9.17) is 0 Å². The Morgan fingerprint density at radius 1 is 1.24 bits per heavy atom. The predicted molar refractivity (Wildman–Crippen MR) is 73.8 cm³/mol. The van der Waals surface area contributed by atoms with Gasteiger partial charge in [-0.05, 0) is 48.3 Å². The van der Waals surface area contributed by atoms with Gasteiger partial charge in [0.15, 0.2) is 0 Å². The number of benzene rings is 1. The van der Waals surface area contributed by atoms with Gasteiger partial charge >= 0.3 is 6.36 Å². The van der Waals surface area contributed by atoms with Crippen molar-refractivity contribution in [2.75, 3.05) is 0 Å². The van der Waals surface area contributed by atoms with E-state index in [1.54, 1.807) is 6.07 Å². The van der Waals surface area contributed by atoms with E-state index < -0.39 is 12.0 Å². The molecular weight excluding hydrogens is 281 g/mol. The van der Waals surface area contributed by atoms with Gasteiger partial charge in [-0.25, -0.2) is 0 Å². The predicted octanol–water partition coefficient (Wildman–Crippen LogP) is 4.62. The zero-order valence-corrected chi connectivity index (χ0v) is 12.5. The topological polar surface area (TPSA) is 29.5 Å². The summed E-state index contributed by atoms with van der Waals surface area (Å²) in [6.45, 7) is 6.20. The second-order valence-electron chi connectivity index (χ2n) is 6.96. The second-order valence-corrected chi connectivity index (χ2v) is 6.96. The van der Waals surface area contributed by atoms with Gasteiger partial charge in [0.25, 0.3) is 0 Å². The number of alkyl halides is 3. The molecule has 0 aliphatic heterocycles. The van der Waals surface area contributed by atoms with Gasteiger partial charge in [0.05, 0.1) is 5.60 Å². The Morgan fingerprint density at radius 3 is 2.48 bits per heavy atom. The fourth-order valence-corrected chi connectivity index (χ4v) is 3.73. The Hall–Kier alpha value is -1.23. The van der Waals surface area contributed by atoms with Crippen molar-refractivity contribution in [3.63, 3.8) is 0 Å².